The van der Waals surface area contributed by atoms with Gasteiger partial charge in [0.1, 0.15) is 162 Å². The summed E-state index contributed by atoms with van der Waals surface area (Å²) in [5.41, 5.74) is 3.52. The van der Waals surface area contributed by atoms with Crippen LogP contribution < -0.4 is 37.9 Å². The van der Waals surface area contributed by atoms with Gasteiger partial charge in [-0.05, 0) is 149 Å². The predicted octanol–water partition coefficient (Wildman–Crippen LogP) is 9.02. The molecule has 0 aliphatic carbocycles. The minimum absolute atomic E-state index is 0.0366. The summed E-state index contributed by atoms with van der Waals surface area (Å²) in [5.74, 6) is -0.170. The summed E-state index contributed by atoms with van der Waals surface area (Å²) in [5, 5.41) is 88.7. The molecule has 0 saturated carbocycles. The molecule has 0 spiro atoms. The Labute approximate surface area is 822 Å². The standard InChI is InChI=1S/4C23H25FN6O5S/c4*1-14(22(31)16-9-8-15(24)12-25-16)36(32,33)13-20-26-27-23(17-10-11-29(2)28-17)30(20)21-18(34-3)6-5-7-19(21)35-4/h4*5-12,14,22,31H,13H2,1-4H3/t2*14-,22+;2*14-,22-/m1010/s1. The number of rotatable bonds is 36. The van der Waals surface area contributed by atoms with Gasteiger partial charge >= 0.3 is 0 Å². The smallest absolute Gasteiger partial charge is 0.189 e. The monoisotopic (exact) mass is 2060 g/mol. The van der Waals surface area contributed by atoms with Crippen molar-refractivity contribution in [3.05, 3.63) is 265 Å². The zero-order chi connectivity index (χ0) is 104. The summed E-state index contributed by atoms with van der Waals surface area (Å²) in [4.78, 5) is 15.2. The van der Waals surface area contributed by atoms with Gasteiger partial charge in [-0.25, -0.2) is 51.2 Å². The number of aliphatic hydroxyl groups is 4. The molecule has 0 bridgehead atoms. The molecule has 4 aromatic carbocycles. The fourth-order valence-corrected chi connectivity index (χ4v) is 20.2. The van der Waals surface area contributed by atoms with E-state index in [2.05, 4.69) is 81.1 Å². The number of para-hydroxylation sites is 4. The van der Waals surface area contributed by atoms with Gasteiger partial charge in [-0.1, -0.05) is 24.3 Å². The van der Waals surface area contributed by atoms with E-state index in [9.17, 15) is 71.7 Å². The van der Waals surface area contributed by atoms with E-state index in [1.54, 1.807) is 169 Å². The van der Waals surface area contributed by atoms with E-state index < -0.39 is 131 Å². The molecule has 12 heterocycles. The van der Waals surface area contributed by atoms with Crippen molar-refractivity contribution in [2.75, 3.05) is 56.9 Å². The Morgan fingerprint density at radius 1 is 0.271 bits per heavy atom. The van der Waals surface area contributed by atoms with E-state index in [1.165, 1.54) is 127 Å². The van der Waals surface area contributed by atoms with Crippen LogP contribution in [-0.4, -0.2) is 250 Å². The lowest BCUT2D eigenvalue weighted by molar-refractivity contribution is 0.170. The quantitative estimate of drug-likeness (QED) is 0.0266. The molecule has 0 aliphatic rings. The number of hydrogen-bond donors (Lipinski definition) is 4. The highest BCUT2D eigenvalue weighted by Gasteiger charge is 2.40. The lowest BCUT2D eigenvalue weighted by atomic mass is 10.2. The highest BCUT2D eigenvalue weighted by Crippen LogP contribution is 2.43. The van der Waals surface area contributed by atoms with Crippen LogP contribution in [0.3, 0.4) is 0 Å². The Morgan fingerprint density at radius 3 is 0.583 bits per heavy atom. The van der Waals surface area contributed by atoms with Gasteiger partial charge in [0.2, 0.25) is 0 Å². The largest absolute Gasteiger partial charge is 0.494 e. The van der Waals surface area contributed by atoms with Crippen LogP contribution in [0.1, 0.15) is 98.2 Å². The maximum absolute atomic E-state index is 13.4. The number of aliphatic hydroxyl groups excluding tert-OH is 4. The van der Waals surface area contributed by atoms with Crippen molar-refractivity contribution < 1.29 is 110 Å². The van der Waals surface area contributed by atoms with Crippen molar-refractivity contribution in [1.82, 2.24) is 118 Å². The molecular formula is C92H100F4N24O20S4. The van der Waals surface area contributed by atoms with Gasteiger partial charge in [0.25, 0.3) is 0 Å². The molecule has 52 heteroatoms. The Bertz CT molecular complexity index is 6680. The molecule has 0 aliphatic heterocycles. The third kappa shape index (κ3) is 23.3. The third-order valence-electron chi connectivity index (χ3n) is 22.8. The Morgan fingerprint density at radius 2 is 0.444 bits per heavy atom. The van der Waals surface area contributed by atoms with Gasteiger partial charge in [0.15, 0.2) is 85.9 Å². The number of aromatic nitrogens is 24. The molecular weight excluding hydrogens is 1970 g/mol. The average Bonchev–Trinajstić information content (AvgIpc) is 1.61. The van der Waals surface area contributed by atoms with Crippen LogP contribution in [0, 0.1) is 23.3 Å². The molecule has 0 fully saturated rings. The molecule has 0 radical (unpaired) electrons. The molecule has 760 valence electrons. The van der Waals surface area contributed by atoms with Crippen molar-refractivity contribution in [3.63, 3.8) is 0 Å². The number of methoxy groups -OCH3 is 8. The van der Waals surface area contributed by atoms with Crippen LogP contribution in [0.4, 0.5) is 17.6 Å². The SMILES string of the molecule is COc1cccc(OC)c1-n1c(CS(=O)(=O)[C@@H](C)[C@@H](O)c2ccc(F)cn2)nnc1-c1ccn(C)n1.COc1cccc(OC)c1-n1c(CS(=O)(=O)[C@@H](C)[C@H](O)c2ccc(F)cn2)nnc1-c1ccn(C)n1.COc1cccc(OC)c1-n1c(CS(=O)(=O)[C@H](C)[C@@H](O)c2ccc(F)cn2)nnc1-c1ccn(C)n1.COc1cccc(OC)c1-n1c(CS(=O)(=O)[C@H](C)[C@H](O)c2ccc(F)cn2)nnc1-c1ccn(C)n1. The normalized spacial score (nSPS) is 13.4. The van der Waals surface area contributed by atoms with Crippen molar-refractivity contribution in [3.8, 4) is 115 Å². The van der Waals surface area contributed by atoms with E-state index in [-0.39, 0.29) is 69.4 Å². The summed E-state index contributed by atoms with van der Waals surface area (Å²) in [6, 6.07) is 36.8. The molecule has 44 nitrogen and oxygen atoms in total. The van der Waals surface area contributed by atoms with Crippen LogP contribution in [-0.2, 0) is 90.6 Å². The molecule has 0 unspecified atom stereocenters. The fraction of sp³-hybridized carbons (Fsp3) is 0.304. The second-order valence-electron chi connectivity index (χ2n) is 32.1. The molecule has 8 atom stereocenters. The number of halogens is 4. The summed E-state index contributed by atoms with van der Waals surface area (Å²) < 4.78 is 217. The van der Waals surface area contributed by atoms with E-state index in [0.717, 1.165) is 49.1 Å². The van der Waals surface area contributed by atoms with Gasteiger partial charge in [-0.2, -0.15) is 20.4 Å². The molecule has 16 aromatic rings. The predicted molar refractivity (Wildman–Crippen MR) is 512 cm³/mol. The Kier molecular flexibility index (Phi) is 33.3. The first-order valence-corrected chi connectivity index (χ1v) is 50.2. The van der Waals surface area contributed by atoms with E-state index in [0.29, 0.717) is 91.5 Å². The molecule has 4 N–H and O–H groups in total. The minimum Gasteiger partial charge on any atom is -0.494 e. The third-order valence-corrected chi connectivity index (χ3v) is 31.0. The van der Waals surface area contributed by atoms with Crippen molar-refractivity contribution in [1.29, 1.82) is 0 Å². The van der Waals surface area contributed by atoms with E-state index in [4.69, 9.17) is 37.9 Å². The second kappa shape index (κ2) is 45.3. The minimum atomic E-state index is -4.02. The maximum atomic E-state index is 13.4. The number of aryl methyl sites for hydroxylation is 4. The summed E-state index contributed by atoms with van der Waals surface area (Å²) in [6.45, 7) is 5.42. The van der Waals surface area contributed by atoms with Crippen LogP contribution in [0.25, 0.3) is 68.8 Å². The molecule has 0 saturated heterocycles. The lowest BCUT2D eigenvalue weighted by Crippen LogP contribution is -2.28. The summed E-state index contributed by atoms with van der Waals surface area (Å²) >= 11 is 0. The highest BCUT2D eigenvalue weighted by atomic mass is 32.2. The number of benzene rings is 4. The van der Waals surface area contributed by atoms with Crippen LogP contribution in [0.5, 0.6) is 46.0 Å². The van der Waals surface area contributed by atoms with Crippen molar-refractivity contribution in [2.24, 2.45) is 28.2 Å². The molecule has 144 heavy (non-hydrogen) atoms. The number of pyridine rings is 4. The Balaban J connectivity index is 0.000000161. The second-order valence-corrected chi connectivity index (χ2v) is 41.5. The number of hydrogen-bond acceptors (Lipinski definition) is 36. The first-order valence-electron chi connectivity index (χ1n) is 43.3. The van der Waals surface area contributed by atoms with Gasteiger partial charge in [-0.15, -0.1) is 40.8 Å². The number of ether oxygens (including phenoxy) is 8. The van der Waals surface area contributed by atoms with Gasteiger partial charge in [-0.3, -0.25) is 56.9 Å². The number of sulfone groups is 4. The van der Waals surface area contributed by atoms with E-state index >= 15 is 0 Å². The summed E-state index contributed by atoms with van der Waals surface area (Å²) in [6.07, 6.45) is 4.62. The van der Waals surface area contributed by atoms with Gasteiger partial charge in [0, 0.05) is 53.0 Å². The van der Waals surface area contributed by atoms with Gasteiger partial charge < -0.3 is 58.3 Å². The topological polar surface area (TPSA) is 537 Å². The van der Waals surface area contributed by atoms with Crippen LogP contribution in [0.15, 0.2) is 195 Å². The highest BCUT2D eigenvalue weighted by molar-refractivity contribution is 7.92. The van der Waals surface area contributed by atoms with Crippen LogP contribution >= 0.6 is 0 Å². The fourth-order valence-electron chi connectivity index (χ4n) is 14.8. The molecule has 0 amide bonds. The average molecular weight is 2070 g/mol. The maximum Gasteiger partial charge on any atom is 0.189 e. The number of nitrogens with zero attached hydrogens (tertiary/aromatic N) is 24. The van der Waals surface area contributed by atoms with Gasteiger partial charge in [0.05, 0.1) is 125 Å². The van der Waals surface area contributed by atoms with Crippen molar-refractivity contribution in [2.45, 2.75) is 96.1 Å². The summed E-state index contributed by atoms with van der Waals surface area (Å²) in [7, 11) is 2.73. The first kappa shape index (κ1) is 106. The zero-order valence-electron chi connectivity index (χ0n) is 80.1. The van der Waals surface area contributed by atoms with Crippen LogP contribution in [0.2, 0.25) is 0 Å². The Hall–Kier alpha value is -15.4. The molecule has 16 rings (SSSR count). The molecule has 12 aromatic heterocycles. The lowest BCUT2D eigenvalue weighted by Gasteiger charge is -2.20. The first-order chi connectivity index (χ1) is 68.6. The van der Waals surface area contributed by atoms with Crippen molar-refractivity contribution >= 4 is 39.3 Å². The van der Waals surface area contributed by atoms with E-state index in [1.807, 2.05) is 0 Å². The zero-order valence-corrected chi connectivity index (χ0v) is 83.4.